The molecule has 212 valence electrons. The van der Waals surface area contributed by atoms with Crippen molar-refractivity contribution in [1.29, 1.82) is 0 Å². The summed E-state index contributed by atoms with van der Waals surface area (Å²) < 4.78 is 34.5. The Kier molecular flexibility index (Phi) is 9.53. The van der Waals surface area contributed by atoms with E-state index >= 15 is 0 Å². The van der Waals surface area contributed by atoms with Gasteiger partial charge in [0.15, 0.2) is 0 Å². The lowest BCUT2D eigenvalue weighted by Crippen LogP contribution is -2.54. The molecule has 6 nitrogen and oxygen atoms in total. The SMILES string of the molecule is CCC(=O)N1CCN(C[C@H](Oc2ccc(C(=O)Nc3ccc(F)cc3CC)cc2)c2ccc(C)c(F)c2)C[C@H]1C. The lowest BCUT2D eigenvalue weighted by Gasteiger charge is -2.41. The van der Waals surface area contributed by atoms with E-state index in [0.717, 1.165) is 5.56 Å². The number of benzene rings is 3. The first kappa shape index (κ1) is 29.2. The highest BCUT2D eigenvalue weighted by molar-refractivity contribution is 6.04. The topological polar surface area (TPSA) is 61.9 Å². The molecule has 1 aliphatic heterocycles. The number of halogens is 2. The third-order valence-electron chi connectivity index (χ3n) is 7.42. The fourth-order valence-corrected chi connectivity index (χ4v) is 5.05. The number of anilines is 1. The summed E-state index contributed by atoms with van der Waals surface area (Å²) in [5.74, 6) is -0.248. The van der Waals surface area contributed by atoms with E-state index in [9.17, 15) is 18.4 Å². The summed E-state index contributed by atoms with van der Waals surface area (Å²) in [7, 11) is 0. The van der Waals surface area contributed by atoms with Gasteiger partial charge in [-0.25, -0.2) is 8.78 Å². The van der Waals surface area contributed by atoms with E-state index in [1.54, 1.807) is 43.3 Å². The number of amides is 2. The highest BCUT2D eigenvalue weighted by atomic mass is 19.1. The average molecular weight is 550 g/mol. The molecule has 0 saturated carbocycles. The van der Waals surface area contributed by atoms with Crippen LogP contribution in [0.25, 0.3) is 0 Å². The highest BCUT2D eigenvalue weighted by Gasteiger charge is 2.29. The van der Waals surface area contributed by atoms with Gasteiger partial charge >= 0.3 is 0 Å². The molecule has 1 heterocycles. The van der Waals surface area contributed by atoms with Crippen LogP contribution in [0.5, 0.6) is 5.75 Å². The number of piperazine rings is 1. The van der Waals surface area contributed by atoms with Gasteiger partial charge in [-0.1, -0.05) is 26.0 Å². The Labute approximate surface area is 234 Å². The number of hydrogen-bond acceptors (Lipinski definition) is 4. The number of ether oxygens (including phenoxy) is 1. The summed E-state index contributed by atoms with van der Waals surface area (Å²) in [5.41, 5.74) is 3.00. The number of aryl methyl sites for hydroxylation is 2. The number of hydrogen-bond donors (Lipinski definition) is 1. The Hall–Kier alpha value is -3.78. The Bertz CT molecular complexity index is 1350. The molecule has 0 aliphatic carbocycles. The maximum absolute atomic E-state index is 14.5. The third kappa shape index (κ3) is 7.04. The van der Waals surface area contributed by atoms with Gasteiger partial charge in [0.2, 0.25) is 5.91 Å². The minimum atomic E-state index is -0.457. The van der Waals surface area contributed by atoms with Gasteiger partial charge in [0.25, 0.3) is 5.91 Å². The summed E-state index contributed by atoms with van der Waals surface area (Å²) in [4.78, 5) is 29.3. The zero-order chi connectivity index (χ0) is 28.8. The molecule has 2 atom stereocenters. The highest BCUT2D eigenvalue weighted by Crippen LogP contribution is 2.27. The summed E-state index contributed by atoms with van der Waals surface area (Å²) in [5, 5.41) is 2.85. The minimum absolute atomic E-state index is 0.0729. The lowest BCUT2D eigenvalue weighted by atomic mass is 10.0. The second kappa shape index (κ2) is 13.0. The molecule has 0 aromatic heterocycles. The van der Waals surface area contributed by atoms with E-state index in [-0.39, 0.29) is 29.5 Å². The zero-order valence-electron chi connectivity index (χ0n) is 23.5. The fraction of sp³-hybridized carbons (Fsp3) is 0.375. The number of rotatable bonds is 9. The first-order valence-electron chi connectivity index (χ1n) is 13.8. The molecule has 3 aromatic rings. The second-order valence-electron chi connectivity index (χ2n) is 10.3. The molecule has 8 heteroatoms. The number of carbonyl (C=O) groups is 2. The molecule has 1 N–H and O–H groups in total. The van der Waals surface area contributed by atoms with Crippen LogP contribution in [0.15, 0.2) is 60.7 Å². The van der Waals surface area contributed by atoms with E-state index in [2.05, 4.69) is 10.2 Å². The van der Waals surface area contributed by atoms with Crippen LogP contribution in [0.1, 0.15) is 60.3 Å². The van der Waals surface area contributed by atoms with Crippen LogP contribution in [-0.2, 0) is 11.2 Å². The van der Waals surface area contributed by atoms with Crippen molar-refractivity contribution < 1.29 is 23.1 Å². The molecule has 0 bridgehead atoms. The Morgan fingerprint density at radius 3 is 2.42 bits per heavy atom. The predicted molar refractivity (Wildman–Crippen MR) is 153 cm³/mol. The smallest absolute Gasteiger partial charge is 0.255 e. The largest absolute Gasteiger partial charge is 0.484 e. The van der Waals surface area contributed by atoms with E-state index in [1.165, 1.54) is 18.2 Å². The Morgan fingerprint density at radius 2 is 1.77 bits per heavy atom. The van der Waals surface area contributed by atoms with E-state index in [4.69, 9.17) is 4.74 Å². The van der Waals surface area contributed by atoms with Crippen LogP contribution in [0.4, 0.5) is 14.5 Å². The monoisotopic (exact) mass is 549 g/mol. The van der Waals surface area contributed by atoms with E-state index in [0.29, 0.717) is 67.1 Å². The predicted octanol–water partition coefficient (Wildman–Crippen LogP) is 6.15. The van der Waals surface area contributed by atoms with Crippen molar-refractivity contribution >= 4 is 17.5 Å². The molecule has 0 spiro atoms. The van der Waals surface area contributed by atoms with Crippen molar-refractivity contribution in [2.75, 3.05) is 31.5 Å². The Morgan fingerprint density at radius 1 is 1.02 bits per heavy atom. The van der Waals surface area contributed by atoms with Gasteiger partial charge in [-0.2, -0.15) is 0 Å². The molecule has 0 unspecified atom stereocenters. The van der Waals surface area contributed by atoms with Gasteiger partial charge in [-0.05, 0) is 85.5 Å². The molecule has 3 aromatic carbocycles. The van der Waals surface area contributed by atoms with Gasteiger partial charge in [-0.15, -0.1) is 0 Å². The normalized spacial score (nSPS) is 16.4. The summed E-state index contributed by atoms with van der Waals surface area (Å²) in [6.45, 7) is 10.1. The maximum Gasteiger partial charge on any atom is 0.255 e. The fourth-order valence-electron chi connectivity index (χ4n) is 5.05. The van der Waals surface area contributed by atoms with Crippen LogP contribution in [-0.4, -0.2) is 53.8 Å². The third-order valence-corrected chi connectivity index (χ3v) is 7.42. The van der Waals surface area contributed by atoms with Crippen molar-refractivity contribution in [3.05, 3.63) is 94.6 Å². The van der Waals surface area contributed by atoms with Gasteiger partial charge in [0.1, 0.15) is 23.5 Å². The molecular weight excluding hydrogens is 512 g/mol. The van der Waals surface area contributed by atoms with Crippen molar-refractivity contribution in [3.8, 4) is 5.75 Å². The van der Waals surface area contributed by atoms with Crippen LogP contribution in [0.2, 0.25) is 0 Å². The first-order chi connectivity index (χ1) is 19.2. The second-order valence-corrected chi connectivity index (χ2v) is 10.3. The lowest BCUT2D eigenvalue weighted by molar-refractivity contribution is -0.135. The zero-order valence-corrected chi connectivity index (χ0v) is 23.5. The molecule has 1 saturated heterocycles. The van der Waals surface area contributed by atoms with Crippen molar-refractivity contribution in [1.82, 2.24) is 9.80 Å². The van der Waals surface area contributed by atoms with Gasteiger partial charge in [0, 0.05) is 49.9 Å². The van der Waals surface area contributed by atoms with Crippen molar-refractivity contribution in [2.45, 2.75) is 52.7 Å². The minimum Gasteiger partial charge on any atom is -0.484 e. The van der Waals surface area contributed by atoms with E-state index in [1.807, 2.05) is 31.7 Å². The summed E-state index contributed by atoms with van der Waals surface area (Å²) >= 11 is 0. The molecule has 1 fully saturated rings. The Balaban J connectivity index is 1.48. The standard InChI is InChI=1S/C32H37F2N3O3/c1-5-23-17-26(33)11-14-29(23)35-32(39)24-9-12-27(13-10-24)40-30(25-8-7-21(3)28(34)18-25)20-36-15-16-37(22(4)19-36)31(38)6-2/h7-14,17-18,22,30H,5-6,15-16,19-20H2,1-4H3,(H,35,39)/t22-,30+/m1/s1. The van der Waals surface area contributed by atoms with Crippen LogP contribution < -0.4 is 10.1 Å². The average Bonchev–Trinajstić information content (AvgIpc) is 2.95. The number of nitrogens with zero attached hydrogens (tertiary/aromatic N) is 2. The van der Waals surface area contributed by atoms with E-state index < -0.39 is 6.10 Å². The van der Waals surface area contributed by atoms with Crippen LogP contribution >= 0.6 is 0 Å². The number of carbonyl (C=O) groups excluding carboxylic acids is 2. The summed E-state index contributed by atoms with van der Waals surface area (Å²) in [6, 6.07) is 16.3. The summed E-state index contributed by atoms with van der Waals surface area (Å²) in [6.07, 6.45) is 0.613. The van der Waals surface area contributed by atoms with Crippen molar-refractivity contribution in [2.24, 2.45) is 0 Å². The molecule has 1 aliphatic rings. The van der Waals surface area contributed by atoms with Gasteiger partial charge in [0.05, 0.1) is 0 Å². The van der Waals surface area contributed by atoms with Crippen LogP contribution in [0.3, 0.4) is 0 Å². The van der Waals surface area contributed by atoms with Crippen LogP contribution in [0, 0.1) is 18.6 Å². The molecule has 0 radical (unpaired) electrons. The quantitative estimate of drug-likeness (QED) is 0.348. The maximum atomic E-state index is 14.5. The molecular formula is C32H37F2N3O3. The van der Waals surface area contributed by atoms with Gasteiger partial charge in [-0.3, -0.25) is 14.5 Å². The number of nitrogens with one attached hydrogen (secondary N) is 1. The first-order valence-corrected chi connectivity index (χ1v) is 13.8. The molecule has 2 amide bonds. The molecule has 40 heavy (non-hydrogen) atoms. The van der Waals surface area contributed by atoms with Gasteiger partial charge < -0.3 is 15.0 Å². The molecule has 4 rings (SSSR count). The van der Waals surface area contributed by atoms with Crippen molar-refractivity contribution in [3.63, 3.8) is 0 Å².